The Morgan fingerprint density at radius 3 is 2.55 bits per heavy atom. The first-order chi connectivity index (χ1) is 9.54. The van der Waals surface area contributed by atoms with Gasteiger partial charge in [0.05, 0.1) is 11.4 Å². The molecule has 2 aromatic carbocycles. The molecule has 0 spiro atoms. The molecule has 0 radical (unpaired) electrons. The first kappa shape index (κ1) is 16.1. The Hall–Kier alpha value is -0.320. The molecule has 0 bridgehead atoms. The highest BCUT2D eigenvalue weighted by Gasteiger charge is 2.18. The van der Waals surface area contributed by atoms with Crippen molar-refractivity contribution in [3.63, 3.8) is 0 Å². The average molecular weight is 463 g/mol. The maximum absolute atomic E-state index is 5.74. The minimum absolute atomic E-state index is 0.0963. The molecule has 0 saturated carbocycles. The van der Waals surface area contributed by atoms with Crippen molar-refractivity contribution in [1.29, 1.82) is 0 Å². The smallest absolute Gasteiger partial charge is 0.124 e. The zero-order chi connectivity index (χ0) is 14.7. The Morgan fingerprint density at radius 1 is 1.10 bits per heavy atom. The van der Waals surface area contributed by atoms with Crippen LogP contribution < -0.4 is 4.74 Å². The molecule has 2 rings (SSSR count). The molecule has 0 fully saturated rings. The molecule has 0 aliphatic rings. The third-order valence-electron chi connectivity index (χ3n) is 3.13. The maximum Gasteiger partial charge on any atom is 0.124 e. The molecule has 0 amide bonds. The van der Waals surface area contributed by atoms with Crippen LogP contribution in [0.1, 0.15) is 28.4 Å². The summed E-state index contributed by atoms with van der Waals surface area (Å²) >= 11 is 10.9. The quantitative estimate of drug-likeness (QED) is 0.477. The summed E-state index contributed by atoms with van der Waals surface area (Å²) in [6.45, 7) is 4.78. The number of benzene rings is 2. The van der Waals surface area contributed by atoms with Crippen LogP contribution in [0.2, 0.25) is 0 Å². The standard InChI is InChI=1S/C16H15Br3O/c1-3-20-15-8-7-11(17)9-13(15)16(19)12-5-4-6-14(18)10(12)2/h4-9,16H,3H2,1-2H3. The highest BCUT2D eigenvalue weighted by atomic mass is 79.9. The fraction of sp³-hybridized carbons (Fsp3) is 0.250. The summed E-state index contributed by atoms with van der Waals surface area (Å²) in [4.78, 5) is 0.0963. The zero-order valence-electron chi connectivity index (χ0n) is 11.3. The van der Waals surface area contributed by atoms with Crippen molar-refractivity contribution in [2.24, 2.45) is 0 Å². The van der Waals surface area contributed by atoms with E-state index in [1.807, 2.05) is 19.1 Å². The van der Waals surface area contributed by atoms with Gasteiger partial charge in [0.25, 0.3) is 0 Å². The van der Waals surface area contributed by atoms with E-state index < -0.39 is 0 Å². The second kappa shape index (κ2) is 7.10. The lowest BCUT2D eigenvalue weighted by Crippen LogP contribution is -2.01. The van der Waals surface area contributed by atoms with Gasteiger partial charge in [0.1, 0.15) is 5.75 Å². The molecule has 2 aromatic rings. The molecule has 0 heterocycles. The van der Waals surface area contributed by atoms with Gasteiger partial charge in [0.2, 0.25) is 0 Å². The first-order valence-electron chi connectivity index (χ1n) is 6.36. The van der Waals surface area contributed by atoms with Crippen molar-refractivity contribution in [2.75, 3.05) is 6.61 Å². The zero-order valence-corrected chi connectivity index (χ0v) is 16.0. The fourth-order valence-corrected chi connectivity index (χ4v) is 3.68. The SMILES string of the molecule is CCOc1ccc(Br)cc1C(Br)c1cccc(Br)c1C. The molecular formula is C16H15Br3O. The molecule has 0 aliphatic carbocycles. The highest BCUT2D eigenvalue weighted by Crippen LogP contribution is 2.40. The summed E-state index contributed by atoms with van der Waals surface area (Å²) in [6, 6.07) is 12.4. The van der Waals surface area contributed by atoms with Crippen molar-refractivity contribution >= 4 is 47.8 Å². The van der Waals surface area contributed by atoms with E-state index in [0.29, 0.717) is 6.61 Å². The summed E-state index contributed by atoms with van der Waals surface area (Å²) in [7, 11) is 0. The van der Waals surface area contributed by atoms with E-state index >= 15 is 0 Å². The van der Waals surface area contributed by atoms with E-state index in [1.54, 1.807) is 0 Å². The van der Waals surface area contributed by atoms with Crippen LogP contribution in [0.3, 0.4) is 0 Å². The Bertz CT molecular complexity index is 611. The lowest BCUT2D eigenvalue weighted by molar-refractivity contribution is 0.337. The normalized spacial score (nSPS) is 12.2. The lowest BCUT2D eigenvalue weighted by Gasteiger charge is -2.18. The Morgan fingerprint density at radius 2 is 1.85 bits per heavy atom. The second-order valence-corrected chi connectivity index (χ2v) is 7.12. The monoisotopic (exact) mass is 460 g/mol. The van der Waals surface area contributed by atoms with E-state index in [2.05, 4.69) is 79.0 Å². The Balaban J connectivity index is 2.49. The van der Waals surface area contributed by atoms with Gasteiger partial charge >= 0.3 is 0 Å². The first-order valence-corrected chi connectivity index (χ1v) is 8.86. The van der Waals surface area contributed by atoms with Crippen LogP contribution in [0.25, 0.3) is 0 Å². The van der Waals surface area contributed by atoms with Gasteiger partial charge in [-0.1, -0.05) is 59.9 Å². The maximum atomic E-state index is 5.74. The van der Waals surface area contributed by atoms with E-state index in [-0.39, 0.29) is 4.83 Å². The van der Waals surface area contributed by atoms with Gasteiger partial charge in [-0.3, -0.25) is 0 Å². The van der Waals surface area contributed by atoms with Crippen LogP contribution in [-0.2, 0) is 0 Å². The van der Waals surface area contributed by atoms with Crippen molar-refractivity contribution < 1.29 is 4.74 Å². The summed E-state index contributed by atoms with van der Waals surface area (Å²) in [5, 5.41) is 0. The average Bonchev–Trinajstić information content (AvgIpc) is 2.43. The van der Waals surface area contributed by atoms with E-state index in [0.717, 1.165) is 20.3 Å². The molecule has 106 valence electrons. The molecular weight excluding hydrogens is 448 g/mol. The highest BCUT2D eigenvalue weighted by molar-refractivity contribution is 9.11. The largest absolute Gasteiger partial charge is 0.494 e. The third-order valence-corrected chi connectivity index (χ3v) is 5.47. The summed E-state index contributed by atoms with van der Waals surface area (Å²) in [5.74, 6) is 0.914. The molecule has 20 heavy (non-hydrogen) atoms. The summed E-state index contributed by atoms with van der Waals surface area (Å²) in [6.07, 6.45) is 0. The van der Waals surface area contributed by atoms with Crippen LogP contribution in [0.5, 0.6) is 5.75 Å². The predicted octanol–water partition coefficient (Wildman–Crippen LogP) is 6.40. The molecule has 0 aliphatic heterocycles. The predicted molar refractivity (Wildman–Crippen MR) is 95.0 cm³/mol. The van der Waals surface area contributed by atoms with E-state index in [9.17, 15) is 0 Å². The number of halogens is 3. The van der Waals surface area contributed by atoms with Crippen molar-refractivity contribution in [2.45, 2.75) is 18.7 Å². The fourth-order valence-electron chi connectivity index (χ4n) is 2.07. The van der Waals surface area contributed by atoms with Crippen LogP contribution in [0, 0.1) is 6.92 Å². The lowest BCUT2D eigenvalue weighted by atomic mass is 10.00. The van der Waals surface area contributed by atoms with Crippen LogP contribution in [-0.4, -0.2) is 6.61 Å². The van der Waals surface area contributed by atoms with Crippen LogP contribution in [0.15, 0.2) is 45.3 Å². The molecule has 4 heteroatoms. The molecule has 0 saturated heterocycles. The minimum atomic E-state index is 0.0963. The van der Waals surface area contributed by atoms with Gasteiger partial charge < -0.3 is 4.74 Å². The van der Waals surface area contributed by atoms with Gasteiger partial charge in [-0.25, -0.2) is 0 Å². The topological polar surface area (TPSA) is 9.23 Å². The Labute approximate surface area is 145 Å². The van der Waals surface area contributed by atoms with Crippen molar-refractivity contribution in [1.82, 2.24) is 0 Å². The molecule has 1 nitrogen and oxygen atoms in total. The number of rotatable bonds is 4. The van der Waals surface area contributed by atoms with E-state index in [1.165, 1.54) is 11.1 Å². The van der Waals surface area contributed by atoms with Crippen molar-refractivity contribution in [3.8, 4) is 5.75 Å². The van der Waals surface area contributed by atoms with Gasteiger partial charge in [-0.15, -0.1) is 0 Å². The molecule has 1 unspecified atom stereocenters. The van der Waals surface area contributed by atoms with Crippen LogP contribution >= 0.6 is 47.8 Å². The van der Waals surface area contributed by atoms with Crippen LogP contribution in [0.4, 0.5) is 0 Å². The summed E-state index contributed by atoms with van der Waals surface area (Å²) < 4.78 is 7.91. The number of hydrogen-bond acceptors (Lipinski definition) is 1. The third kappa shape index (κ3) is 3.46. The Kier molecular flexibility index (Phi) is 5.70. The number of ether oxygens (including phenoxy) is 1. The molecule has 0 N–H and O–H groups in total. The van der Waals surface area contributed by atoms with E-state index in [4.69, 9.17) is 4.74 Å². The van der Waals surface area contributed by atoms with Gasteiger partial charge in [0.15, 0.2) is 0 Å². The molecule has 0 aromatic heterocycles. The number of hydrogen-bond donors (Lipinski definition) is 0. The second-order valence-electron chi connectivity index (χ2n) is 4.43. The number of alkyl halides is 1. The van der Waals surface area contributed by atoms with Gasteiger partial charge in [-0.05, 0) is 49.2 Å². The van der Waals surface area contributed by atoms with Gasteiger partial charge in [-0.2, -0.15) is 0 Å². The molecule has 1 atom stereocenters. The minimum Gasteiger partial charge on any atom is -0.494 e. The van der Waals surface area contributed by atoms with Gasteiger partial charge in [0, 0.05) is 14.5 Å². The summed E-state index contributed by atoms with van der Waals surface area (Å²) in [5.41, 5.74) is 3.60. The van der Waals surface area contributed by atoms with Crippen molar-refractivity contribution in [3.05, 3.63) is 62.0 Å².